The lowest BCUT2D eigenvalue weighted by Crippen LogP contribution is -2.04. The van der Waals surface area contributed by atoms with Crippen LogP contribution in [0.3, 0.4) is 0 Å². The van der Waals surface area contributed by atoms with Crippen LogP contribution in [0.2, 0.25) is 0 Å². The Kier molecular flexibility index (Phi) is 4.29. The SMILES string of the molecule is CCc1nc(CC)c(-c2ccccc2)c(-c2ccccc2)n1. The summed E-state index contributed by atoms with van der Waals surface area (Å²) >= 11 is 0. The highest BCUT2D eigenvalue weighted by atomic mass is 14.9. The summed E-state index contributed by atoms with van der Waals surface area (Å²) < 4.78 is 0. The first-order valence-electron chi connectivity index (χ1n) is 7.84. The first kappa shape index (κ1) is 14.5. The minimum Gasteiger partial charge on any atom is -0.237 e. The summed E-state index contributed by atoms with van der Waals surface area (Å²) in [5.74, 6) is 0.912. The number of rotatable bonds is 4. The molecule has 0 bridgehead atoms. The van der Waals surface area contributed by atoms with E-state index in [1.165, 1.54) is 5.56 Å². The molecule has 0 fully saturated rings. The fourth-order valence-electron chi connectivity index (χ4n) is 2.69. The number of benzene rings is 2. The van der Waals surface area contributed by atoms with E-state index in [9.17, 15) is 0 Å². The molecule has 22 heavy (non-hydrogen) atoms. The van der Waals surface area contributed by atoms with Crippen molar-refractivity contribution < 1.29 is 0 Å². The van der Waals surface area contributed by atoms with Crippen LogP contribution in [0.4, 0.5) is 0 Å². The second kappa shape index (κ2) is 6.52. The lowest BCUT2D eigenvalue weighted by atomic mass is 9.96. The third kappa shape index (κ3) is 2.77. The van der Waals surface area contributed by atoms with Gasteiger partial charge in [-0.15, -0.1) is 0 Å². The molecule has 3 aromatic rings. The summed E-state index contributed by atoms with van der Waals surface area (Å²) in [6, 6.07) is 20.8. The van der Waals surface area contributed by atoms with Crippen LogP contribution in [0.25, 0.3) is 22.4 Å². The third-order valence-electron chi connectivity index (χ3n) is 3.79. The van der Waals surface area contributed by atoms with E-state index < -0.39 is 0 Å². The molecular formula is C20H20N2. The van der Waals surface area contributed by atoms with Crippen molar-refractivity contribution in [2.45, 2.75) is 26.7 Å². The smallest absolute Gasteiger partial charge is 0.129 e. The average Bonchev–Trinajstić information content (AvgIpc) is 2.62. The molecule has 1 heterocycles. The minimum atomic E-state index is 0.849. The van der Waals surface area contributed by atoms with Crippen LogP contribution in [0, 0.1) is 0 Å². The predicted molar refractivity (Wildman–Crippen MR) is 91.7 cm³/mol. The van der Waals surface area contributed by atoms with E-state index >= 15 is 0 Å². The molecule has 0 aliphatic carbocycles. The van der Waals surface area contributed by atoms with Gasteiger partial charge in [0, 0.05) is 17.5 Å². The average molecular weight is 288 g/mol. The first-order valence-corrected chi connectivity index (χ1v) is 7.84. The van der Waals surface area contributed by atoms with E-state index in [0.717, 1.165) is 41.2 Å². The van der Waals surface area contributed by atoms with Gasteiger partial charge in [0.2, 0.25) is 0 Å². The molecule has 2 heteroatoms. The fourth-order valence-corrected chi connectivity index (χ4v) is 2.69. The van der Waals surface area contributed by atoms with E-state index in [0.29, 0.717) is 0 Å². The van der Waals surface area contributed by atoms with Crippen LogP contribution in [0.15, 0.2) is 60.7 Å². The van der Waals surface area contributed by atoms with E-state index in [1.54, 1.807) is 0 Å². The van der Waals surface area contributed by atoms with Gasteiger partial charge in [0.1, 0.15) is 5.82 Å². The Labute approximate surface area is 131 Å². The molecule has 2 nitrogen and oxygen atoms in total. The third-order valence-corrected chi connectivity index (χ3v) is 3.79. The number of nitrogens with zero attached hydrogens (tertiary/aromatic N) is 2. The highest BCUT2D eigenvalue weighted by Crippen LogP contribution is 2.33. The molecule has 110 valence electrons. The van der Waals surface area contributed by atoms with Gasteiger partial charge in [0.15, 0.2) is 0 Å². The van der Waals surface area contributed by atoms with Crippen LogP contribution in [-0.4, -0.2) is 9.97 Å². The zero-order chi connectivity index (χ0) is 15.4. The van der Waals surface area contributed by atoms with Crippen LogP contribution in [0.1, 0.15) is 25.4 Å². The normalized spacial score (nSPS) is 10.6. The molecule has 0 aliphatic heterocycles. The van der Waals surface area contributed by atoms with Crippen molar-refractivity contribution >= 4 is 0 Å². The molecule has 1 aromatic heterocycles. The Balaban J connectivity index is 2.30. The van der Waals surface area contributed by atoms with Crippen molar-refractivity contribution in [1.82, 2.24) is 9.97 Å². The molecule has 0 unspecified atom stereocenters. The minimum absolute atomic E-state index is 0.849. The number of aromatic nitrogens is 2. The Morgan fingerprint density at radius 3 is 1.82 bits per heavy atom. The maximum atomic E-state index is 4.84. The lowest BCUT2D eigenvalue weighted by molar-refractivity contribution is 0.894. The second-order valence-electron chi connectivity index (χ2n) is 5.25. The molecule has 0 saturated heterocycles. The van der Waals surface area contributed by atoms with E-state index in [4.69, 9.17) is 9.97 Å². The van der Waals surface area contributed by atoms with Gasteiger partial charge in [-0.05, 0) is 12.0 Å². The van der Waals surface area contributed by atoms with Crippen molar-refractivity contribution in [3.05, 3.63) is 72.2 Å². The second-order valence-corrected chi connectivity index (χ2v) is 5.25. The predicted octanol–water partition coefficient (Wildman–Crippen LogP) is 4.94. The molecule has 0 N–H and O–H groups in total. The fraction of sp³-hybridized carbons (Fsp3) is 0.200. The van der Waals surface area contributed by atoms with Crippen LogP contribution < -0.4 is 0 Å². The van der Waals surface area contributed by atoms with E-state index in [2.05, 4.69) is 62.4 Å². The standard InChI is InChI=1S/C20H20N2/c1-3-17-19(15-11-7-5-8-12-15)20(22-18(4-2)21-17)16-13-9-6-10-14-16/h5-14H,3-4H2,1-2H3. The maximum Gasteiger partial charge on any atom is 0.129 e. The number of aryl methyl sites for hydroxylation is 2. The van der Waals surface area contributed by atoms with E-state index in [-0.39, 0.29) is 0 Å². The van der Waals surface area contributed by atoms with Crippen molar-refractivity contribution in [3.63, 3.8) is 0 Å². The van der Waals surface area contributed by atoms with Gasteiger partial charge in [-0.25, -0.2) is 9.97 Å². The Morgan fingerprint density at radius 1 is 0.682 bits per heavy atom. The monoisotopic (exact) mass is 288 g/mol. The maximum absolute atomic E-state index is 4.84. The molecular weight excluding hydrogens is 268 g/mol. The van der Waals surface area contributed by atoms with Crippen molar-refractivity contribution in [2.24, 2.45) is 0 Å². The molecule has 0 saturated carbocycles. The van der Waals surface area contributed by atoms with Gasteiger partial charge < -0.3 is 0 Å². The van der Waals surface area contributed by atoms with Crippen LogP contribution in [0.5, 0.6) is 0 Å². The summed E-state index contributed by atoms with van der Waals surface area (Å²) in [6.07, 6.45) is 1.75. The zero-order valence-electron chi connectivity index (χ0n) is 13.1. The van der Waals surface area contributed by atoms with Gasteiger partial charge >= 0.3 is 0 Å². The Hall–Kier alpha value is -2.48. The highest BCUT2D eigenvalue weighted by Gasteiger charge is 2.15. The molecule has 0 atom stereocenters. The summed E-state index contributed by atoms with van der Waals surface area (Å²) in [7, 11) is 0. The van der Waals surface area contributed by atoms with Gasteiger partial charge in [-0.2, -0.15) is 0 Å². The van der Waals surface area contributed by atoms with Crippen LogP contribution in [-0.2, 0) is 12.8 Å². The number of hydrogen-bond donors (Lipinski definition) is 0. The largest absolute Gasteiger partial charge is 0.237 e. The topological polar surface area (TPSA) is 25.8 Å². The molecule has 3 rings (SSSR count). The van der Waals surface area contributed by atoms with Gasteiger partial charge in [-0.1, -0.05) is 74.5 Å². The van der Waals surface area contributed by atoms with Crippen molar-refractivity contribution in [1.29, 1.82) is 0 Å². The summed E-state index contributed by atoms with van der Waals surface area (Å²) in [6.45, 7) is 4.26. The summed E-state index contributed by atoms with van der Waals surface area (Å²) in [5, 5.41) is 0. The Morgan fingerprint density at radius 2 is 1.27 bits per heavy atom. The molecule has 0 aliphatic rings. The lowest BCUT2D eigenvalue weighted by Gasteiger charge is -2.15. The van der Waals surface area contributed by atoms with Gasteiger partial charge in [0.25, 0.3) is 0 Å². The van der Waals surface area contributed by atoms with Crippen molar-refractivity contribution in [2.75, 3.05) is 0 Å². The van der Waals surface area contributed by atoms with Crippen LogP contribution >= 0.6 is 0 Å². The molecule has 2 aromatic carbocycles. The quantitative estimate of drug-likeness (QED) is 0.680. The molecule has 0 radical (unpaired) electrons. The number of hydrogen-bond acceptors (Lipinski definition) is 2. The van der Waals surface area contributed by atoms with Gasteiger partial charge in [-0.3, -0.25) is 0 Å². The summed E-state index contributed by atoms with van der Waals surface area (Å²) in [4.78, 5) is 9.60. The summed E-state index contributed by atoms with van der Waals surface area (Å²) in [5.41, 5.74) is 5.65. The van der Waals surface area contributed by atoms with Gasteiger partial charge in [0.05, 0.1) is 11.4 Å². The highest BCUT2D eigenvalue weighted by molar-refractivity contribution is 5.82. The van der Waals surface area contributed by atoms with E-state index in [1.807, 2.05) is 12.1 Å². The van der Waals surface area contributed by atoms with Crippen molar-refractivity contribution in [3.8, 4) is 22.4 Å². The molecule has 0 spiro atoms. The Bertz CT molecular complexity index is 749. The molecule has 0 amide bonds. The zero-order valence-corrected chi connectivity index (χ0v) is 13.1. The first-order chi connectivity index (χ1) is 10.8.